The number of carbonyl (C=O) groups excluding carboxylic acids is 1. The highest BCUT2D eigenvalue weighted by molar-refractivity contribution is 6.30. The summed E-state index contributed by atoms with van der Waals surface area (Å²) in [6.45, 7) is 7.90. The van der Waals surface area contributed by atoms with Gasteiger partial charge in [0.25, 0.3) is 0 Å². The molecule has 0 aromatic heterocycles. The van der Waals surface area contributed by atoms with E-state index < -0.39 is 0 Å². The number of hydrogen-bond donors (Lipinski definition) is 2. The van der Waals surface area contributed by atoms with Crippen molar-refractivity contribution in [2.75, 3.05) is 0 Å². The molecule has 0 aliphatic carbocycles. The molecule has 18 heavy (non-hydrogen) atoms. The van der Waals surface area contributed by atoms with Crippen molar-refractivity contribution >= 4 is 17.6 Å². The maximum atomic E-state index is 11.8. The van der Waals surface area contributed by atoms with Crippen molar-refractivity contribution < 1.29 is 4.79 Å². The fourth-order valence-corrected chi connectivity index (χ4v) is 1.78. The van der Waals surface area contributed by atoms with E-state index in [9.17, 15) is 4.79 Å². The predicted octanol–water partition coefficient (Wildman–Crippen LogP) is 3.89. The van der Waals surface area contributed by atoms with Gasteiger partial charge in [-0.1, -0.05) is 30.7 Å². The summed E-state index contributed by atoms with van der Waals surface area (Å²) in [5, 5.41) is 6.56. The van der Waals surface area contributed by atoms with Crippen LogP contribution in [0.1, 0.15) is 45.7 Å². The topological polar surface area (TPSA) is 41.1 Å². The summed E-state index contributed by atoms with van der Waals surface area (Å²) in [6, 6.07) is 7.40. The molecule has 2 N–H and O–H groups in total. The highest BCUT2D eigenvalue weighted by Crippen LogP contribution is 2.19. The summed E-state index contributed by atoms with van der Waals surface area (Å²) in [5.74, 6) is 0. The van der Waals surface area contributed by atoms with E-state index in [1.807, 2.05) is 52.0 Å². The quantitative estimate of drug-likeness (QED) is 0.858. The summed E-state index contributed by atoms with van der Waals surface area (Å²) < 4.78 is 0. The van der Waals surface area contributed by atoms with Gasteiger partial charge in [0, 0.05) is 10.6 Å². The van der Waals surface area contributed by atoms with E-state index in [0.717, 1.165) is 12.0 Å². The molecule has 4 heteroatoms. The largest absolute Gasteiger partial charge is 0.334 e. The Morgan fingerprint density at radius 2 is 1.83 bits per heavy atom. The van der Waals surface area contributed by atoms with Crippen LogP contribution in [0.25, 0.3) is 0 Å². The molecule has 1 rings (SSSR count). The van der Waals surface area contributed by atoms with Gasteiger partial charge in [0.05, 0.1) is 6.04 Å². The number of halogens is 1. The van der Waals surface area contributed by atoms with Gasteiger partial charge in [-0.05, 0) is 44.9 Å². The molecule has 1 aromatic carbocycles. The molecular formula is C14H21ClN2O. The first-order valence-electron chi connectivity index (χ1n) is 6.16. The van der Waals surface area contributed by atoms with E-state index in [1.54, 1.807) is 0 Å². The van der Waals surface area contributed by atoms with Gasteiger partial charge < -0.3 is 10.6 Å². The van der Waals surface area contributed by atoms with E-state index in [0.29, 0.717) is 5.02 Å². The maximum Gasteiger partial charge on any atom is 0.315 e. The minimum absolute atomic E-state index is 0.00427. The monoisotopic (exact) mass is 268 g/mol. The SMILES string of the molecule is CC[C@@H](NC(=O)NC(C)(C)C)c1ccc(Cl)cc1. The molecule has 1 aromatic rings. The minimum atomic E-state index is -0.234. The molecular weight excluding hydrogens is 248 g/mol. The number of rotatable bonds is 3. The number of benzene rings is 1. The van der Waals surface area contributed by atoms with Gasteiger partial charge in [0.2, 0.25) is 0 Å². The molecule has 0 fully saturated rings. The molecule has 2 amide bonds. The van der Waals surface area contributed by atoms with Crippen molar-refractivity contribution in [3.05, 3.63) is 34.9 Å². The van der Waals surface area contributed by atoms with Gasteiger partial charge in [-0.15, -0.1) is 0 Å². The highest BCUT2D eigenvalue weighted by atomic mass is 35.5. The molecule has 1 atom stereocenters. The van der Waals surface area contributed by atoms with Gasteiger partial charge in [-0.25, -0.2) is 4.79 Å². The lowest BCUT2D eigenvalue weighted by Gasteiger charge is -2.24. The second kappa shape index (κ2) is 6.10. The van der Waals surface area contributed by atoms with E-state index in [4.69, 9.17) is 11.6 Å². The summed E-state index contributed by atoms with van der Waals surface area (Å²) in [6.07, 6.45) is 0.833. The Hall–Kier alpha value is -1.22. The lowest BCUT2D eigenvalue weighted by Crippen LogP contribution is -2.47. The highest BCUT2D eigenvalue weighted by Gasteiger charge is 2.17. The molecule has 0 saturated carbocycles. The van der Waals surface area contributed by atoms with Crippen LogP contribution < -0.4 is 10.6 Å². The number of nitrogens with one attached hydrogen (secondary N) is 2. The second-order valence-electron chi connectivity index (χ2n) is 5.36. The van der Waals surface area contributed by atoms with Crippen LogP contribution in [0.5, 0.6) is 0 Å². The van der Waals surface area contributed by atoms with Gasteiger partial charge in [-0.3, -0.25) is 0 Å². The van der Waals surface area contributed by atoms with E-state index >= 15 is 0 Å². The van der Waals surface area contributed by atoms with Crippen molar-refractivity contribution in [2.45, 2.75) is 45.7 Å². The van der Waals surface area contributed by atoms with Crippen LogP contribution >= 0.6 is 11.6 Å². The fraction of sp³-hybridized carbons (Fsp3) is 0.500. The van der Waals surface area contributed by atoms with E-state index in [1.165, 1.54) is 0 Å². The zero-order chi connectivity index (χ0) is 13.8. The molecule has 0 heterocycles. The van der Waals surface area contributed by atoms with Crippen molar-refractivity contribution in [1.29, 1.82) is 0 Å². The van der Waals surface area contributed by atoms with Crippen LogP contribution in [0, 0.1) is 0 Å². The normalized spacial score (nSPS) is 12.9. The average molecular weight is 269 g/mol. The minimum Gasteiger partial charge on any atom is -0.334 e. The van der Waals surface area contributed by atoms with Gasteiger partial charge in [0.1, 0.15) is 0 Å². The fourth-order valence-electron chi connectivity index (χ4n) is 1.65. The van der Waals surface area contributed by atoms with Crippen LogP contribution in [-0.2, 0) is 0 Å². The molecule has 0 aliphatic heterocycles. The Morgan fingerprint density at radius 3 is 2.28 bits per heavy atom. The van der Waals surface area contributed by atoms with Gasteiger partial charge in [-0.2, -0.15) is 0 Å². The number of amides is 2. The van der Waals surface area contributed by atoms with Crippen LogP contribution in [0.3, 0.4) is 0 Å². The third-order valence-electron chi connectivity index (χ3n) is 2.47. The summed E-state index contributed by atoms with van der Waals surface area (Å²) >= 11 is 5.85. The van der Waals surface area contributed by atoms with Crippen LogP contribution in [0.4, 0.5) is 4.79 Å². The standard InChI is InChI=1S/C14H21ClN2O/c1-5-12(10-6-8-11(15)9-7-10)16-13(18)17-14(2,3)4/h6-9,12H,5H2,1-4H3,(H2,16,17,18)/t12-/m1/s1. The first kappa shape index (κ1) is 14.8. The average Bonchev–Trinajstić information content (AvgIpc) is 2.25. The third kappa shape index (κ3) is 4.96. The zero-order valence-corrected chi connectivity index (χ0v) is 12.1. The first-order valence-corrected chi connectivity index (χ1v) is 6.54. The Kier molecular flexibility index (Phi) is 5.03. The Bertz CT molecular complexity index is 395. The molecule has 0 radical (unpaired) electrons. The maximum absolute atomic E-state index is 11.8. The molecule has 0 spiro atoms. The van der Waals surface area contributed by atoms with Gasteiger partial charge in [0.15, 0.2) is 0 Å². The Labute approximate surface area is 114 Å². The molecule has 0 bridgehead atoms. The van der Waals surface area contributed by atoms with Crippen LogP contribution in [-0.4, -0.2) is 11.6 Å². The van der Waals surface area contributed by atoms with Crippen LogP contribution in [0.2, 0.25) is 5.02 Å². The van der Waals surface area contributed by atoms with Crippen molar-refractivity contribution in [3.63, 3.8) is 0 Å². The third-order valence-corrected chi connectivity index (χ3v) is 2.73. The molecule has 100 valence electrons. The lowest BCUT2D eigenvalue weighted by molar-refractivity contribution is 0.228. The summed E-state index contributed by atoms with van der Waals surface area (Å²) in [7, 11) is 0. The smallest absolute Gasteiger partial charge is 0.315 e. The van der Waals surface area contributed by atoms with E-state index in [-0.39, 0.29) is 17.6 Å². The molecule has 3 nitrogen and oxygen atoms in total. The van der Waals surface area contributed by atoms with Crippen LogP contribution in [0.15, 0.2) is 24.3 Å². The van der Waals surface area contributed by atoms with Crippen molar-refractivity contribution in [2.24, 2.45) is 0 Å². The molecule has 0 aliphatic rings. The van der Waals surface area contributed by atoms with E-state index in [2.05, 4.69) is 10.6 Å². The lowest BCUT2D eigenvalue weighted by atomic mass is 10.0. The summed E-state index contributed by atoms with van der Waals surface area (Å²) in [5.41, 5.74) is 0.827. The van der Waals surface area contributed by atoms with Gasteiger partial charge >= 0.3 is 6.03 Å². The zero-order valence-electron chi connectivity index (χ0n) is 11.4. The molecule has 0 unspecified atom stereocenters. The number of urea groups is 1. The number of carbonyl (C=O) groups is 1. The molecule has 0 saturated heterocycles. The Balaban J connectivity index is 2.68. The first-order chi connectivity index (χ1) is 8.31. The Morgan fingerprint density at radius 1 is 1.28 bits per heavy atom. The number of hydrogen-bond acceptors (Lipinski definition) is 1. The summed E-state index contributed by atoms with van der Waals surface area (Å²) in [4.78, 5) is 11.8. The van der Waals surface area contributed by atoms with Crippen molar-refractivity contribution in [1.82, 2.24) is 10.6 Å². The van der Waals surface area contributed by atoms with Crippen molar-refractivity contribution in [3.8, 4) is 0 Å². The second-order valence-corrected chi connectivity index (χ2v) is 5.80. The predicted molar refractivity (Wildman–Crippen MR) is 75.9 cm³/mol.